The molecule has 1 N–H and O–H groups in total. The third-order valence-corrected chi connectivity index (χ3v) is 3.23. The van der Waals surface area contributed by atoms with E-state index in [1.165, 1.54) is 0 Å². The molecule has 1 aromatic carbocycles. The van der Waals surface area contributed by atoms with Crippen LogP contribution in [0.2, 0.25) is 13.1 Å². The van der Waals surface area contributed by atoms with Crippen molar-refractivity contribution in [2.75, 3.05) is 0 Å². The fraction of sp³-hybridized carbons (Fsp3) is 0.250. The topological polar surface area (TPSA) is 20.2 Å². The van der Waals surface area contributed by atoms with E-state index in [9.17, 15) is 4.80 Å². The first-order valence-electron chi connectivity index (χ1n) is 3.38. The molecule has 0 amide bonds. The number of benzene rings is 1. The molecule has 0 aliphatic heterocycles. The number of hydrogen-bond donors (Lipinski definition) is 1. The molecule has 0 aromatic heterocycles. The quantitative estimate of drug-likeness (QED) is 0.616. The van der Waals surface area contributed by atoms with Crippen LogP contribution in [0.1, 0.15) is 0 Å². The standard InChI is InChI=1S/C8H12OSi.Na.H/c1-10(2,9)8-6-4-3-5-7-8;;/h3-7,9H,1-2H3;;. The predicted octanol–water partition coefficient (Wildman–Crippen LogP) is 0.442. The molecule has 1 rings (SSSR count). The Morgan fingerprint density at radius 3 is 1.82 bits per heavy atom. The summed E-state index contributed by atoms with van der Waals surface area (Å²) in [6.45, 7) is 3.84. The van der Waals surface area contributed by atoms with E-state index in [-0.39, 0.29) is 29.6 Å². The molecule has 0 unspecified atom stereocenters. The third kappa shape index (κ3) is 3.54. The van der Waals surface area contributed by atoms with Crippen LogP contribution in [0.4, 0.5) is 0 Å². The van der Waals surface area contributed by atoms with Crippen LogP contribution in [0.25, 0.3) is 0 Å². The van der Waals surface area contributed by atoms with Crippen molar-refractivity contribution >= 4 is 43.1 Å². The van der Waals surface area contributed by atoms with Crippen LogP contribution in [-0.2, 0) is 0 Å². The molecule has 0 aliphatic rings. The first-order chi connectivity index (χ1) is 4.61. The van der Waals surface area contributed by atoms with Gasteiger partial charge in [-0.25, -0.2) is 0 Å². The Kier molecular flexibility index (Phi) is 4.59. The zero-order valence-electron chi connectivity index (χ0n) is 6.33. The first kappa shape index (κ1) is 11.4. The molecule has 0 spiro atoms. The fourth-order valence-electron chi connectivity index (χ4n) is 0.846. The Labute approximate surface area is 90.9 Å². The van der Waals surface area contributed by atoms with Crippen molar-refractivity contribution in [2.45, 2.75) is 13.1 Å². The minimum absolute atomic E-state index is 0. The van der Waals surface area contributed by atoms with Crippen molar-refractivity contribution in [1.82, 2.24) is 0 Å². The summed E-state index contributed by atoms with van der Waals surface area (Å²) in [6, 6.07) is 9.84. The zero-order chi connectivity index (χ0) is 7.61. The fourth-order valence-corrected chi connectivity index (χ4v) is 1.85. The molecular formula is C8H13NaOSi. The maximum absolute atomic E-state index is 9.63. The van der Waals surface area contributed by atoms with Gasteiger partial charge in [0.25, 0.3) is 0 Å². The van der Waals surface area contributed by atoms with Crippen LogP contribution >= 0.6 is 0 Å². The monoisotopic (exact) mass is 176 g/mol. The van der Waals surface area contributed by atoms with Gasteiger partial charge in [0.15, 0.2) is 0 Å². The van der Waals surface area contributed by atoms with Gasteiger partial charge < -0.3 is 4.80 Å². The first-order valence-corrected chi connectivity index (χ1v) is 6.33. The van der Waals surface area contributed by atoms with Crippen LogP contribution in [0.3, 0.4) is 0 Å². The molecule has 0 aliphatic carbocycles. The molecule has 0 atom stereocenters. The molecule has 11 heavy (non-hydrogen) atoms. The zero-order valence-corrected chi connectivity index (χ0v) is 7.33. The summed E-state index contributed by atoms with van der Waals surface area (Å²) in [4.78, 5) is 9.63. The van der Waals surface area contributed by atoms with Crippen LogP contribution < -0.4 is 5.19 Å². The molecule has 0 fully saturated rings. The minimum atomic E-state index is -2.03. The van der Waals surface area contributed by atoms with E-state index in [0.29, 0.717) is 0 Å². The average Bonchev–Trinajstić information content (AvgIpc) is 1.88. The SMILES string of the molecule is C[Si](C)(O)c1ccccc1.[NaH]. The summed E-state index contributed by atoms with van der Waals surface area (Å²) in [5.41, 5.74) is 0. The van der Waals surface area contributed by atoms with Crippen molar-refractivity contribution in [3.05, 3.63) is 30.3 Å². The van der Waals surface area contributed by atoms with Gasteiger partial charge in [-0.2, -0.15) is 0 Å². The Hall–Kier alpha value is 0.397. The van der Waals surface area contributed by atoms with E-state index < -0.39 is 8.32 Å². The van der Waals surface area contributed by atoms with Crippen LogP contribution in [-0.4, -0.2) is 42.7 Å². The molecule has 3 heteroatoms. The average molecular weight is 176 g/mol. The van der Waals surface area contributed by atoms with E-state index in [4.69, 9.17) is 0 Å². The summed E-state index contributed by atoms with van der Waals surface area (Å²) in [7, 11) is -2.03. The van der Waals surface area contributed by atoms with E-state index in [1.54, 1.807) is 0 Å². The van der Waals surface area contributed by atoms with Crippen molar-refractivity contribution < 1.29 is 4.80 Å². The van der Waals surface area contributed by atoms with E-state index in [1.807, 2.05) is 43.4 Å². The molecule has 1 aromatic rings. The van der Waals surface area contributed by atoms with Crippen molar-refractivity contribution in [1.29, 1.82) is 0 Å². The van der Waals surface area contributed by atoms with E-state index >= 15 is 0 Å². The van der Waals surface area contributed by atoms with Gasteiger partial charge in [0, 0.05) is 0 Å². The molecule has 0 bridgehead atoms. The van der Waals surface area contributed by atoms with Gasteiger partial charge in [-0.05, 0) is 18.3 Å². The van der Waals surface area contributed by atoms with E-state index in [2.05, 4.69) is 0 Å². The van der Waals surface area contributed by atoms with Crippen LogP contribution in [0.5, 0.6) is 0 Å². The predicted molar refractivity (Wildman–Crippen MR) is 52.9 cm³/mol. The maximum atomic E-state index is 9.63. The summed E-state index contributed by atoms with van der Waals surface area (Å²) >= 11 is 0. The van der Waals surface area contributed by atoms with Crippen LogP contribution in [0, 0.1) is 0 Å². The van der Waals surface area contributed by atoms with Gasteiger partial charge in [-0.1, -0.05) is 30.3 Å². The number of hydrogen-bond acceptors (Lipinski definition) is 1. The van der Waals surface area contributed by atoms with Gasteiger partial charge in [0.2, 0.25) is 8.32 Å². The molecule has 0 saturated carbocycles. The summed E-state index contributed by atoms with van der Waals surface area (Å²) in [5, 5.41) is 1.09. The molecular weight excluding hydrogens is 163 g/mol. The van der Waals surface area contributed by atoms with Gasteiger partial charge in [-0.3, -0.25) is 0 Å². The van der Waals surface area contributed by atoms with Gasteiger partial charge in [0.1, 0.15) is 0 Å². The van der Waals surface area contributed by atoms with E-state index in [0.717, 1.165) is 5.19 Å². The van der Waals surface area contributed by atoms with Gasteiger partial charge in [0.05, 0.1) is 0 Å². The Morgan fingerprint density at radius 1 is 1.09 bits per heavy atom. The summed E-state index contributed by atoms with van der Waals surface area (Å²) < 4.78 is 0. The molecule has 0 heterocycles. The Balaban J connectivity index is 0.000001000. The van der Waals surface area contributed by atoms with Gasteiger partial charge >= 0.3 is 29.6 Å². The third-order valence-electron chi connectivity index (χ3n) is 1.48. The van der Waals surface area contributed by atoms with Crippen LogP contribution in [0.15, 0.2) is 30.3 Å². The van der Waals surface area contributed by atoms with Crippen molar-refractivity contribution in [3.63, 3.8) is 0 Å². The summed E-state index contributed by atoms with van der Waals surface area (Å²) in [6.07, 6.45) is 0. The van der Waals surface area contributed by atoms with Crippen molar-refractivity contribution in [3.8, 4) is 0 Å². The van der Waals surface area contributed by atoms with Gasteiger partial charge in [-0.15, -0.1) is 0 Å². The summed E-state index contributed by atoms with van der Waals surface area (Å²) in [5.74, 6) is 0. The molecule has 0 saturated heterocycles. The number of rotatable bonds is 1. The normalized spacial score (nSPS) is 10.5. The molecule has 0 radical (unpaired) electrons. The second-order valence-corrected chi connectivity index (χ2v) is 6.62. The Bertz CT molecular complexity index is 205. The molecule has 56 valence electrons. The second-order valence-electron chi connectivity index (χ2n) is 2.93. The second kappa shape index (κ2) is 4.43. The molecule has 1 nitrogen and oxygen atoms in total. The van der Waals surface area contributed by atoms with Crippen molar-refractivity contribution in [2.24, 2.45) is 0 Å². The Morgan fingerprint density at radius 2 is 1.55 bits per heavy atom.